The van der Waals surface area contributed by atoms with E-state index in [0.717, 1.165) is 6.07 Å². The SMILES string of the molecule is O=[N+]([O-])c1c(Cl)cc(Cl)c([N+](=O)[O-])c1-c1ccccc1. The maximum absolute atomic E-state index is 11.2. The highest BCUT2D eigenvalue weighted by Crippen LogP contribution is 2.46. The minimum atomic E-state index is -0.756. The molecular weight excluding hydrogens is 307 g/mol. The summed E-state index contributed by atoms with van der Waals surface area (Å²) in [4.78, 5) is 20.8. The van der Waals surface area contributed by atoms with Crippen molar-refractivity contribution in [2.45, 2.75) is 0 Å². The molecule has 0 radical (unpaired) electrons. The first-order valence-corrected chi connectivity index (χ1v) is 6.05. The Balaban J connectivity index is 2.94. The summed E-state index contributed by atoms with van der Waals surface area (Å²) >= 11 is 11.6. The van der Waals surface area contributed by atoms with Crippen molar-refractivity contribution in [3.05, 3.63) is 66.7 Å². The molecule has 20 heavy (non-hydrogen) atoms. The minimum absolute atomic E-state index is 0.196. The highest BCUT2D eigenvalue weighted by Gasteiger charge is 2.32. The van der Waals surface area contributed by atoms with Crippen molar-refractivity contribution in [2.24, 2.45) is 0 Å². The maximum Gasteiger partial charge on any atom is 0.302 e. The molecule has 0 aliphatic carbocycles. The smallest absolute Gasteiger partial charge is 0.258 e. The van der Waals surface area contributed by atoms with E-state index in [9.17, 15) is 20.2 Å². The fraction of sp³-hybridized carbons (Fsp3) is 0. The van der Waals surface area contributed by atoms with Gasteiger partial charge in [-0.3, -0.25) is 20.2 Å². The molecule has 0 bridgehead atoms. The van der Waals surface area contributed by atoms with Gasteiger partial charge in [0.2, 0.25) is 0 Å². The van der Waals surface area contributed by atoms with Crippen molar-refractivity contribution in [3.8, 4) is 11.1 Å². The molecule has 2 rings (SSSR count). The van der Waals surface area contributed by atoms with Crippen LogP contribution in [-0.2, 0) is 0 Å². The number of benzene rings is 2. The standard InChI is InChI=1S/C12H6Cl2N2O4/c13-8-6-9(14)12(16(19)20)10(11(8)15(17)18)7-4-2-1-3-5-7/h1-6H. The van der Waals surface area contributed by atoms with E-state index >= 15 is 0 Å². The van der Waals surface area contributed by atoms with Crippen LogP contribution in [0, 0.1) is 20.2 Å². The van der Waals surface area contributed by atoms with Crippen molar-refractivity contribution in [3.63, 3.8) is 0 Å². The molecule has 0 aliphatic rings. The zero-order valence-corrected chi connectivity index (χ0v) is 11.3. The lowest BCUT2D eigenvalue weighted by molar-refractivity contribution is -0.392. The molecule has 0 N–H and O–H groups in total. The first kappa shape index (κ1) is 14.2. The van der Waals surface area contributed by atoms with E-state index in [0.29, 0.717) is 5.56 Å². The lowest BCUT2D eigenvalue weighted by Crippen LogP contribution is -1.99. The number of halogens is 2. The number of hydrogen-bond donors (Lipinski definition) is 0. The number of nitro groups is 2. The van der Waals surface area contributed by atoms with Crippen molar-refractivity contribution in [1.82, 2.24) is 0 Å². The van der Waals surface area contributed by atoms with E-state index in [-0.39, 0.29) is 15.6 Å². The minimum Gasteiger partial charge on any atom is -0.258 e. The molecule has 2 aromatic carbocycles. The van der Waals surface area contributed by atoms with E-state index in [1.807, 2.05) is 0 Å². The Morgan fingerprint density at radius 3 is 1.70 bits per heavy atom. The van der Waals surface area contributed by atoms with Crippen LogP contribution in [0.25, 0.3) is 11.1 Å². The highest BCUT2D eigenvalue weighted by molar-refractivity contribution is 6.38. The lowest BCUT2D eigenvalue weighted by atomic mass is 10.0. The molecule has 0 fully saturated rings. The van der Waals surface area contributed by atoms with Crippen LogP contribution < -0.4 is 0 Å². The van der Waals surface area contributed by atoms with Crippen LogP contribution in [0.4, 0.5) is 11.4 Å². The van der Waals surface area contributed by atoms with Crippen LogP contribution in [0.5, 0.6) is 0 Å². The van der Waals surface area contributed by atoms with E-state index < -0.39 is 21.2 Å². The Kier molecular flexibility index (Phi) is 3.87. The van der Waals surface area contributed by atoms with Gasteiger partial charge in [-0.1, -0.05) is 53.5 Å². The monoisotopic (exact) mass is 312 g/mol. The molecule has 0 saturated carbocycles. The van der Waals surface area contributed by atoms with E-state index in [1.54, 1.807) is 18.2 Å². The average Bonchev–Trinajstić information content (AvgIpc) is 2.37. The molecule has 0 amide bonds. The van der Waals surface area contributed by atoms with Crippen LogP contribution in [0.1, 0.15) is 0 Å². The number of rotatable bonds is 3. The predicted molar refractivity (Wildman–Crippen MR) is 75.2 cm³/mol. The molecule has 0 saturated heterocycles. The maximum atomic E-state index is 11.2. The Morgan fingerprint density at radius 2 is 1.30 bits per heavy atom. The van der Waals surface area contributed by atoms with Crippen LogP contribution in [0.2, 0.25) is 10.0 Å². The van der Waals surface area contributed by atoms with Gasteiger partial charge in [0.15, 0.2) is 0 Å². The van der Waals surface area contributed by atoms with Gasteiger partial charge in [0, 0.05) is 0 Å². The molecule has 0 unspecified atom stereocenters. The van der Waals surface area contributed by atoms with Crippen LogP contribution in [0.15, 0.2) is 36.4 Å². The third-order valence-corrected chi connectivity index (χ3v) is 3.18. The van der Waals surface area contributed by atoms with E-state index in [1.165, 1.54) is 12.1 Å². The van der Waals surface area contributed by atoms with Gasteiger partial charge >= 0.3 is 11.4 Å². The summed E-state index contributed by atoms with van der Waals surface area (Å²) in [6.45, 7) is 0. The van der Waals surface area contributed by atoms with Crippen molar-refractivity contribution >= 4 is 34.6 Å². The molecular formula is C12H6Cl2N2O4. The van der Waals surface area contributed by atoms with Gasteiger partial charge in [0.1, 0.15) is 15.6 Å². The largest absolute Gasteiger partial charge is 0.302 e. The van der Waals surface area contributed by atoms with Crippen molar-refractivity contribution in [1.29, 1.82) is 0 Å². The number of hydrogen-bond acceptors (Lipinski definition) is 4. The van der Waals surface area contributed by atoms with Gasteiger partial charge in [0.05, 0.1) is 9.85 Å². The zero-order chi connectivity index (χ0) is 14.9. The Bertz CT molecular complexity index is 666. The van der Waals surface area contributed by atoms with Gasteiger partial charge in [-0.2, -0.15) is 0 Å². The summed E-state index contributed by atoms with van der Waals surface area (Å²) in [5.41, 5.74) is -0.962. The molecule has 0 aromatic heterocycles. The van der Waals surface area contributed by atoms with E-state index in [4.69, 9.17) is 23.2 Å². The molecule has 2 aromatic rings. The van der Waals surface area contributed by atoms with Crippen LogP contribution >= 0.6 is 23.2 Å². The molecule has 6 nitrogen and oxygen atoms in total. The molecule has 0 spiro atoms. The highest BCUT2D eigenvalue weighted by atomic mass is 35.5. The third-order valence-electron chi connectivity index (χ3n) is 2.61. The normalized spacial score (nSPS) is 10.3. The quantitative estimate of drug-likeness (QED) is 0.617. The van der Waals surface area contributed by atoms with Gasteiger partial charge in [-0.15, -0.1) is 0 Å². The summed E-state index contributed by atoms with van der Waals surface area (Å²) in [5.74, 6) is 0. The van der Waals surface area contributed by atoms with Crippen molar-refractivity contribution < 1.29 is 9.85 Å². The van der Waals surface area contributed by atoms with E-state index in [2.05, 4.69) is 0 Å². The lowest BCUT2D eigenvalue weighted by Gasteiger charge is -2.07. The first-order chi connectivity index (χ1) is 9.43. The molecule has 8 heteroatoms. The second-order valence-corrected chi connectivity index (χ2v) is 4.61. The Morgan fingerprint density at radius 1 is 0.850 bits per heavy atom. The summed E-state index contributed by atoms with van der Waals surface area (Å²) in [5, 5.41) is 21.8. The second kappa shape index (κ2) is 5.44. The summed E-state index contributed by atoms with van der Waals surface area (Å²) < 4.78 is 0. The van der Waals surface area contributed by atoms with Gasteiger partial charge in [-0.05, 0) is 11.6 Å². The zero-order valence-electron chi connectivity index (χ0n) is 9.75. The number of nitrogens with zero attached hydrogens (tertiary/aromatic N) is 2. The Labute approximate surface area is 122 Å². The van der Waals surface area contributed by atoms with Gasteiger partial charge in [-0.25, -0.2) is 0 Å². The second-order valence-electron chi connectivity index (χ2n) is 3.79. The molecule has 0 aliphatic heterocycles. The molecule has 0 atom stereocenters. The molecule has 0 heterocycles. The van der Waals surface area contributed by atoms with Gasteiger partial charge in [0.25, 0.3) is 0 Å². The molecule has 102 valence electrons. The fourth-order valence-electron chi connectivity index (χ4n) is 1.83. The third kappa shape index (κ3) is 2.43. The average molecular weight is 313 g/mol. The summed E-state index contributed by atoms with van der Waals surface area (Å²) in [6.07, 6.45) is 0. The number of nitro benzene ring substituents is 2. The van der Waals surface area contributed by atoms with Crippen LogP contribution in [-0.4, -0.2) is 9.85 Å². The van der Waals surface area contributed by atoms with Crippen molar-refractivity contribution in [2.75, 3.05) is 0 Å². The predicted octanol–water partition coefficient (Wildman–Crippen LogP) is 4.48. The first-order valence-electron chi connectivity index (χ1n) is 5.29. The van der Waals surface area contributed by atoms with Gasteiger partial charge < -0.3 is 0 Å². The summed E-state index contributed by atoms with van der Waals surface area (Å²) in [6, 6.07) is 8.94. The Hall–Kier alpha value is -2.18. The summed E-state index contributed by atoms with van der Waals surface area (Å²) in [7, 11) is 0. The topological polar surface area (TPSA) is 86.3 Å². The fourth-order valence-corrected chi connectivity index (χ4v) is 2.44. The van der Waals surface area contributed by atoms with Crippen LogP contribution in [0.3, 0.4) is 0 Å².